The van der Waals surface area contributed by atoms with Crippen LogP contribution in [0, 0.1) is 10.1 Å². The van der Waals surface area contributed by atoms with E-state index in [2.05, 4.69) is 5.32 Å². The Morgan fingerprint density at radius 1 is 1.09 bits per heavy atom. The number of benzene rings is 2. The van der Waals surface area contributed by atoms with E-state index < -0.39 is 16.8 Å². The van der Waals surface area contributed by atoms with Gasteiger partial charge in [0.05, 0.1) is 25.7 Å². The van der Waals surface area contributed by atoms with Gasteiger partial charge < -0.3 is 19.5 Å². The first-order chi connectivity index (χ1) is 15.4. The van der Waals surface area contributed by atoms with Gasteiger partial charge in [0.1, 0.15) is 10.6 Å². The van der Waals surface area contributed by atoms with Crippen molar-refractivity contribution in [3.63, 3.8) is 0 Å². The summed E-state index contributed by atoms with van der Waals surface area (Å²) in [5, 5.41) is 15.8. The minimum atomic E-state index is -0.641. The number of carbonyl (C=O) groups is 2. The maximum atomic E-state index is 12.9. The van der Waals surface area contributed by atoms with Crippen LogP contribution >= 0.6 is 11.3 Å². The van der Waals surface area contributed by atoms with Crippen LogP contribution in [0.1, 0.15) is 27.6 Å². The van der Waals surface area contributed by atoms with Gasteiger partial charge in [-0.05, 0) is 30.7 Å². The summed E-state index contributed by atoms with van der Waals surface area (Å²) < 4.78 is 15.6. The molecule has 32 heavy (non-hydrogen) atoms. The summed E-state index contributed by atoms with van der Waals surface area (Å²) in [6, 6.07) is 10.6. The Labute approximate surface area is 187 Å². The van der Waals surface area contributed by atoms with Crippen LogP contribution in [-0.2, 0) is 4.74 Å². The van der Waals surface area contributed by atoms with E-state index in [1.165, 1.54) is 38.5 Å². The first-order valence-electron chi connectivity index (χ1n) is 9.46. The number of hydrogen-bond acceptors (Lipinski definition) is 8. The molecule has 1 heterocycles. The molecule has 166 valence electrons. The molecule has 3 aromatic rings. The Kier molecular flexibility index (Phi) is 7.06. The van der Waals surface area contributed by atoms with Gasteiger partial charge in [-0.3, -0.25) is 14.9 Å². The van der Waals surface area contributed by atoms with Crippen LogP contribution in [0.3, 0.4) is 0 Å². The van der Waals surface area contributed by atoms with Crippen molar-refractivity contribution in [3.05, 3.63) is 69.1 Å². The predicted octanol–water partition coefficient (Wildman–Crippen LogP) is 4.77. The van der Waals surface area contributed by atoms with Gasteiger partial charge in [-0.15, -0.1) is 11.3 Å². The molecule has 10 heteroatoms. The van der Waals surface area contributed by atoms with E-state index in [-0.39, 0.29) is 22.9 Å². The highest BCUT2D eigenvalue weighted by Gasteiger charge is 2.24. The van der Waals surface area contributed by atoms with Crippen LogP contribution in [0.25, 0.3) is 11.1 Å². The average Bonchev–Trinajstić information content (AvgIpc) is 3.22. The molecule has 1 amide bonds. The summed E-state index contributed by atoms with van der Waals surface area (Å²) in [6.07, 6.45) is 0. The Hall–Kier alpha value is -3.92. The number of carbonyl (C=O) groups excluding carboxylic acids is 2. The molecular weight excluding hydrogens is 436 g/mol. The van der Waals surface area contributed by atoms with E-state index in [4.69, 9.17) is 14.2 Å². The fraction of sp³-hybridized carbons (Fsp3) is 0.182. The number of nitro benzene ring substituents is 1. The number of methoxy groups -OCH3 is 2. The van der Waals surface area contributed by atoms with Crippen LogP contribution in [-0.4, -0.2) is 37.6 Å². The lowest BCUT2D eigenvalue weighted by Gasteiger charge is -2.11. The van der Waals surface area contributed by atoms with Gasteiger partial charge in [0.25, 0.3) is 11.6 Å². The Bertz CT molecular complexity index is 1170. The first-order valence-corrected chi connectivity index (χ1v) is 10.3. The number of nitrogens with zero attached hydrogens (tertiary/aromatic N) is 1. The van der Waals surface area contributed by atoms with Gasteiger partial charge in [0.15, 0.2) is 11.5 Å². The molecular formula is C22H20N2O7S. The smallest absolute Gasteiger partial charge is 0.341 e. The lowest BCUT2D eigenvalue weighted by molar-refractivity contribution is -0.384. The van der Waals surface area contributed by atoms with E-state index in [0.29, 0.717) is 28.2 Å². The number of hydrogen-bond donors (Lipinski definition) is 1. The monoisotopic (exact) mass is 456 g/mol. The van der Waals surface area contributed by atoms with Crippen LogP contribution in [0.2, 0.25) is 0 Å². The molecule has 0 spiro atoms. The summed E-state index contributed by atoms with van der Waals surface area (Å²) in [4.78, 5) is 36.2. The largest absolute Gasteiger partial charge is 0.493 e. The van der Waals surface area contributed by atoms with Crippen LogP contribution in [0.5, 0.6) is 11.5 Å². The van der Waals surface area contributed by atoms with Crippen molar-refractivity contribution in [1.29, 1.82) is 0 Å². The average molecular weight is 456 g/mol. The SMILES string of the molecule is CCOC(=O)c1c(-c2cccc([N+](=O)[O-])c2)csc1NC(=O)c1ccc(OC)c(OC)c1. The molecule has 0 aliphatic rings. The molecule has 0 aliphatic carbocycles. The second kappa shape index (κ2) is 9.92. The van der Waals surface area contributed by atoms with Crippen molar-refractivity contribution in [2.75, 3.05) is 26.1 Å². The molecule has 0 bridgehead atoms. The summed E-state index contributed by atoms with van der Waals surface area (Å²) in [6.45, 7) is 1.80. The van der Waals surface area contributed by atoms with E-state index in [1.807, 2.05) is 0 Å². The van der Waals surface area contributed by atoms with E-state index in [1.54, 1.807) is 30.5 Å². The molecule has 2 aromatic carbocycles. The third kappa shape index (κ3) is 4.70. The fourth-order valence-corrected chi connectivity index (χ4v) is 3.96. The van der Waals surface area contributed by atoms with Crippen LogP contribution < -0.4 is 14.8 Å². The molecule has 9 nitrogen and oxygen atoms in total. The van der Waals surface area contributed by atoms with E-state index >= 15 is 0 Å². The minimum absolute atomic E-state index is 0.112. The van der Waals surface area contributed by atoms with Crippen molar-refractivity contribution >= 4 is 33.9 Å². The van der Waals surface area contributed by atoms with Gasteiger partial charge in [0.2, 0.25) is 0 Å². The number of nitro groups is 1. The number of thiophene rings is 1. The van der Waals surface area contributed by atoms with Crippen molar-refractivity contribution in [3.8, 4) is 22.6 Å². The van der Waals surface area contributed by atoms with E-state index in [9.17, 15) is 19.7 Å². The topological polar surface area (TPSA) is 117 Å². The lowest BCUT2D eigenvalue weighted by Crippen LogP contribution is -2.15. The highest BCUT2D eigenvalue weighted by atomic mass is 32.1. The minimum Gasteiger partial charge on any atom is -0.493 e. The number of amides is 1. The van der Waals surface area contributed by atoms with Crippen LogP contribution in [0.15, 0.2) is 47.8 Å². The maximum absolute atomic E-state index is 12.9. The number of nitrogens with one attached hydrogen (secondary N) is 1. The predicted molar refractivity (Wildman–Crippen MR) is 120 cm³/mol. The van der Waals surface area contributed by atoms with Gasteiger partial charge >= 0.3 is 5.97 Å². The third-order valence-electron chi connectivity index (χ3n) is 4.51. The van der Waals surface area contributed by atoms with Gasteiger partial charge in [-0.2, -0.15) is 0 Å². The Morgan fingerprint density at radius 2 is 1.84 bits per heavy atom. The second-order valence-electron chi connectivity index (χ2n) is 6.41. The quantitative estimate of drug-likeness (QED) is 0.295. The Morgan fingerprint density at radius 3 is 2.50 bits per heavy atom. The summed E-state index contributed by atoms with van der Waals surface area (Å²) in [5.41, 5.74) is 1.21. The van der Waals surface area contributed by atoms with Gasteiger partial charge in [-0.1, -0.05) is 12.1 Å². The standard InChI is InChI=1S/C22H20N2O7S/c1-4-31-22(26)19-16(13-6-5-7-15(10-13)24(27)28)12-32-21(19)23-20(25)14-8-9-17(29-2)18(11-14)30-3/h5-12H,4H2,1-3H3,(H,23,25). The molecule has 0 saturated heterocycles. The van der Waals surface area contributed by atoms with Crippen LogP contribution in [0.4, 0.5) is 10.7 Å². The number of non-ortho nitro benzene ring substituents is 1. The highest BCUT2D eigenvalue weighted by Crippen LogP contribution is 2.38. The molecule has 1 N–H and O–H groups in total. The lowest BCUT2D eigenvalue weighted by atomic mass is 10.0. The summed E-state index contributed by atoms with van der Waals surface area (Å²) in [5.74, 6) is -0.253. The number of esters is 1. The van der Waals surface area contributed by atoms with E-state index in [0.717, 1.165) is 11.3 Å². The zero-order valence-electron chi connectivity index (χ0n) is 17.5. The summed E-state index contributed by atoms with van der Waals surface area (Å²) in [7, 11) is 2.95. The van der Waals surface area contributed by atoms with Crippen molar-refractivity contribution in [1.82, 2.24) is 0 Å². The molecule has 3 rings (SSSR count). The molecule has 0 radical (unpaired) electrons. The zero-order chi connectivity index (χ0) is 23.3. The number of rotatable bonds is 8. The number of anilines is 1. The molecule has 0 saturated carbocycles. The molecule has 0 atom stereocenters. The van der Waals surface area contributed by atoms with Gasteiger partial charge in [-0.25, -0.2) is 4.79 Å². The fourth-order valence-electron chi connectivity index (χ4n) is 3.01. The second-order valence-corrected chi connectivity index (χ2v) is 7.28. The highest BCUT2D eigenvalue weighted by molar-refractivity contribution is 7.15. The zero-order valence-corrected chi connectivity index (χ0v) is 18.4. The van der Waals surface area contributed by atoms with Gasteiger partial charge in [0, 0.05) is 28.6 Å². The van der Waals surface area contributed by atoms with Crippen molar-refractivity contribution in [2.24, 2.45) is 0 Å². The number of ether oxygens (including phenoxy) is 3. The molecule has 0 fully saturated rings. The normalized spacial score (nSPS) is 10.3. The van der Waals surface area contributed by atoms with Crippen molar-refractivity contribution < 1.29 is 28.7 Å². The summed E-state index contributed by atoms with van der Waals surface area (Å²) >= 11 is 1.12. The maximum Gasteiger partial charge on any atom is 0.341 e. The molecule has 1 aromatic heterocycles. The molecule has 0 unspecified atom stereocenters. The third-order valence-corrected chi connectivity index (χ3v) is 5.41. The first kappa shape index (κ1) is 22.8. The molecule has 0 aliphatic heterocycles. The Balaban J connectivity index is 2.00. The van der Waals surface area contributed by atoms with Crippen molar-refractivity contribution in [2.45, 2.75) is 6.92 Å².